The molecule has 0 saturated heterocycles. The Morgan fingerprint density at radius 2 is 1.76 bits per heavy atom. The van der Waals surface area contributed by atoms with E-state index in [1.807, 2.05) is 36.4 Å². The molecule has 0 aromatic heterocycles. The molecule has 0 amide bonds. The maximum Gasteiger partial charge on any atom is 0.205 e. The molecule has 1 aliphatic carbocycles. The summed E-state index contributed by atoms with van der Waals surface area (Å²) in [7, 11) is 1.59. The average Bonchev–Trinajstić information content (AvgIpc) is 2.73. The number of benzene rings is 2. The number of halogens is 1. The van der Waals surface area contributed by atoms with Gasteiger partial charge < -0.3 is 15.2 Å². The lowest BCUT2D eigenvalue weighted by Gasteiger charge is -2.34. The van der Waals surface area contributed by atoms with Crippen molar-refractivity contribution in [3.63, 3.8) is 0 Å². The Morgan fingerprint density at radius 3 is 2.38 bits per heavy atom. The maximum atomic E-state index is 13.2. The molecule has 0 spiro atoms. The second-order valence-electron chi connectivity index (χ2n) is 7.11. The van der Waals surface area contributed by atoms with Crippen LogP contribution >= 0.6 is 11.6 Å². The molecular weight excluding hydrogens is 388 g/mol. The molecule has 1 aliphatic heterocycles. The van der Waals surface area contributed by atoms with Gasteiger partial charge in [-0.15, -0.1) is 0 Å². The van der Waals surface area contributed by atoms with E-state index in [0.29, 0.717) is 34.9 Å². The fourth-order valence-corrected chi connectivity index (χ4v) is 4.13. The maximum absolute atomic E-state index is 13.2. The van der Waals surface area contributed by atoms with Crippen LogP contribution in [0.4, 0.5) is 0 Å². The third kappa shape index (κ3) is 3.48. The van der Waals surface area contributed by atoms with Crippen molar-refractivity contribution in [2.45, 2.75) is 24.7 Å². The van der Waals surface area contributed by atoms with Crippen LogP contribution < -0.4 is 10.5 Å². The molecule has 1 heterocycles. The van der Waals surface area contributed by atoms with Gasteiger partial charge in [-0.1, -0.05) is 35.9 Å². The van der Waals surface area contributed by atoms with Gasteiger partial charge in [0, 0.05) is 23.4 Å². The molecule has 0 saturated carbocycles. The molecule has 0 bridgehead atoms. The minimum atomic E-state index is -0.534. The molecule has 2 atom stereocenters. The summed E-state index contributed by atoms with van der Waals surface area (Å²) in [6, 6.07) is 16.9. The zero-order valence-corrected chi connectivity index (χ0v) is 16.6. The van der Waals surface area contributed by atoms with Crippen molar-refractivity contribution in [1.82, 2.24) is 0 Å². The monoisotopic (exact) mass is 406 g/mol. The number of allylic oxidation sites excluding steroid dienone is 3. The van der Waals surface area contributed by atoms with Crippen molar-refractivity contribution < 1.29 is 14.3 Å². The van der Waals surface area contributed by atoms with E-state index in [-0.39, 0.29) is 23.2 Å². The SMILES string of the molecule is COc1ccc([C@H]2C(C#N)=C(N)OC3=C2C(=O)C[C@H](c2ccc(Cl)cc2)C3)cc1. The van der Waals surface area contributed by atoms with E-state index >= 15 is 0 Å². The molecule has 4 rings (SSSR count). The number of rotatable bonds is 3. The molecule has 0 radical (unpaired) electrons. The first-order valence-electron chi connectivity index (χ1n) is 9.25. The van der Waals surface area contributed by atoms with Gasteiger partial charge in [0.1, 0.15) is 23.2 Å². The summed E-state index contributed by atoms with van der Waals surface area (Å²) in [6.45, 7) is 0. The minimum Gasteiger partial charge on any atom is -0.497 e. The molecule has 0 fully saturated rings. The zero-order chi connectivity index (χ0) is 20.5. The third-order valence-corrected chi connectivity index (χ3v) is 5.70. The highest BCUT2D eigenvalue weighted by atomic mass is 35.5. The highest BCUT2D eigenvalue weighted by Gasteiger charge is 2.40. The van der Waals surface area contributed by atoms with E-state index in [4.69, 9.17) is 26.8 Å². The van der Waals surface area contributed by atoms with Crippen molar-refractivity contribution in [3.05, 3.63) is 87.5 Å². The highest BCUT2D eigenvalue weighted by Crippen LogP contribution is 2.46. The van der Waals surface area contributed by atoms with Crippen LogP contribution in [0.5, 0.6) is 5.75 Å². The van der Waals surface area contributed by atoms with Crippen molar-refractivity contribution in [2.24, 2.45) is 5.73 Å². The summed E-state index contributed by atoms with van der Waals surface area (Å²) in [5.74, 6) is 0.699. The Morgan fingerprint density at radius 1 is 1.10 bits per heavy atom. The third-order valence-electron chi connectivity index (χ3n) is 5.45. The van der Waals surface area contributed by atoms with Gasteiger partial charge in [0.15, 0.2) is 5.78 Å². The summed E-state index contributed by atoms with van der Waals surface area (Å²) in [5, 5.41) is 10.3. The summed E-state index contributed by atoms with van der Waals surface area (Å²) in [5.41, 5.74) is 8.68. The van der Waals surface area contributed by atoms with Crippen LogP contribution in [0.2, 0.25) is 5.02 Å². The Kier molecular flexibility index (Phi) is 5.04. The van der Waals surface area contributed by atoms with Gasteiger partial charge in [-0.25, -0.2) is 0 Å². The first-order chi connectivity index (χ1) is 14.0. The number of methoxy groups -OCH3 is 1. The molecule has 2 aromatic carbocycles. The fourth-order valence-electron chi connectivity index (χ4n) is 4.01. The zero-order valence-electron chi connectivity index (χ0n) is 15.8. The summed E-state index contributed by atoms with van der Waals surface area (Å²) in [6.07, 6.45) is 0.879. The normalized spacial score (nSPS) is 21.3. The summed E-state index contributed by atoms with van der Waals surface area (Å²) >= 11 is 5.99. The number of carbonyl (C=O) groups excluding carboxylic acids is 1. The molecule has 2 aromatic rings. The Balaban J connectivity index is 1.75. The molecular formula is C23H19ClN2O3. The van der Waals surface area contributed by atoms with E-state index in [1.165, 1.54) is 0 Å². The highest BCUT2D eigenvalue weighted by molar-refractivity contribution is 6.30. The molecule has 29 heavy (non-hydrogen) atoms. The fraction of sp³-hybridized carbons (Fsp3) is 0.217. The number of hydrogen-bond acceptors (Lipinski definition) is 5. The van der Waals surface area contributed by atoms with E-state index in [0.717, 1.165) is 11.1 Å². The number of nitrogens with two attached hydrogens (primary N) is 1. The van der Waals surface area contributed by atoms with E-state index in [9.17, 15) is 10.1 Å². The lowest BCUT2D eigenvalue weighted by molar-refractivity contribution is -0.117. The molecule has 0 unspecified atom stereocenters. The smallest absolute Gasteiger partial charge is 0.205 e. The largest absolute Gasteiger partial charge is 0.497 e. The predicted molar refractivity (Wildman–Crippen MR) is 109 cm³/mol. The van der Waals surface area contributed by atoms with Crippen LogP contribution in [0, 0.1) is 11.3 Å². The second kappa shape index (κ2) is 7.65. The number of nitriles is 1. The van der Waals surface area contributed by atoms with E-state index in [1.54, 1.807) is 19.2 Å². The van der Waals surface area contributed by atoms with Crippen LogP contribution in [0.1, 0.15) is 35.8 Å². The Hall–Kier alpha value is -3.23. The number of carbonyl (C=O) groups is 1. The number of nitrogens with zero attached hydrogens (tertiary/aromatic N) is 1. The number of ketones is 1. The topological polar surface area (TPSA) is 85.3 Å². The van der Waals surface area contributed by atoms with Crippen molar-refractivity contribution in [1.29, 1.82) is 5.26 Å². The van der Waals surface area contributed by atoms with Gasteiger partial charge in [0.2, 0.25) is 5.88 Å². The first kappa shape index (κ1) is 19.1. The molecule has 2 aliphatic rings. The second-order valence-corrected chi connectivity index (χ2v) is 7.55. The lowest BCUT2D eigenvalue weighted by Crippen LogP contribution is -2.29. The van der Waals surface area contributed by atoms with E-state index in [2.05, 4.69) is 6.07 Å². The summed E-state index contributed by atoms with van der Waals surface area (Å²) in [4.78, 5) is 13.2. The lowest BCUT2D eigenvalue weighted by atomic mass is 9.73. The van der Waals surface area contributed by atoms with Gasteiger partial charge in [0.25, 0.3) is 0 Å². The van der Waals surface area contributed by atoms with Crippen molar-refractivity contribution >= 4 is 17.4 Å². The van der Waals surface area contributed by atoms with Gasteiger partial charge >= 0.3 is 0 Å². The van der Waals surface area contributed by atoms with E-state index < -0.39 is 5.92 Å². The van der Waals surface area contributed by atoms with Crippen LogP contribution in [0.3, 0.4) is 0 Å². The summed E-state index contributed by atoms with van der Waals surface area (Å²) < 4.78 is 11.0. The van der Waals surface area contributed by atoms with Crippen molar-refractivity contribution in [2.75, 3.05) is 7.11 Å². The number of ether oxygens (including phenoxy) is 2. The van der Waals surface area contributed by atoms with Crippen molar-refractivity contribution in [3.8, 4) is 11.8 Å². The molecule has 2 N–H and O–H groups in total. The predicted octanol–water partition coefficient (Wildman–Crippen LogP) is 4.56. The molecule has 5 nitrogen and oxygen atoms in total. The number of hydrogen-bond donors (Lipinski definition) is 1. The van der Waals surface area contributed by atoms with Crippen LogP contribution in [-0.4, -0.2) is 12.9 Å². The number of Topliss-reactive ketones (excluding diaryl/α,β-unsaturated/α-hetero) is 1. The minimum absolute atomic E-state index is 0.0218. The Bertz CT molecular complexity index is 1060. The standard InChI is InChI=1S/C23H19ClN2O3/c1-28-17-8-4-14(5-9-17)21-18(12-25)23(26)29-20-11-15(10-19(27)22(20)21)13-2-6-16(24)7-3-13/h2-9,15,21H,10-11,26H2,1H3/t15-,21-/m0/s1. The quantitative estimate of drug-likeness (QED) is 0.807. The van der Waals surface area contributed by atoms with Gasteiger partial charge in [-0.2, -0.15) is 5.26 Å². The van der Waals surface area contributed by atoms with Gasteiger partial charge in [-0.3, -0.25) is 4.79 Å². The first-order valence-corrected chi connectivity index (χ1v) is 9.63. The van der Waals surface area contributed by atoms with Gasteiger partial charge in [0.05, 0.1) is 13.0 Å². The molecule has 6 heteroatoms. The average molecular weight is 407 g/mol. The van der Waals surface area contributed by atoms with Crippen LogP contribution in [0.15, 0.2) is 71.3 Å². The van der Waals surface area contributed by atoms with Crippen LogP contribution in [0.25, 0.3) is 0 Å². The molecule has 146 valence electrons. The van der Waals surface area contributed by atoms with Crippen LogP contribution in [-0.2, 0) is 9.53 Å². The van der Waals surface area contributed by atoms with Gasteiger partial charge in [-0.05, 0) is 41.3 Å². The Labute approximate surface area is 174 Å².